The second-order valence-corrected chi connectivity index (χ2v) is 9.13. The molecule has 0 radical (unpaired) electrons. The molecule has 0 N–H and O–H groups in total. The molecule has 3 rings (SSSR count). The molecule has 3 heterocycles. The van der Waals surface area contributed by atoms with E-state index in [4.69, 9.17) is 4.52 Å². The van der Waals surface area contributed by atoms with E-state index in [2.05, 4.69) is 5.16 Å². The molecule has 2 aromatic heterocycles. The van der Waals surface area contributed by atoms with Gasteiger partial charge in [0.25, 0.3) is 11.8 Å². The molecule has 0 bridgehead atoms. The lowest BCUT2D eigenvalue weighted by Gasteiger charge is -2.27. The number of hydrogen-bond donors (Lipinski definition) is 0. The van der Waals surface area contributed by atoms with Gasteiger partial charge in [0.2, 0.25) is 0 Å². The van der Waals surface area contributed by atoms with E-state index in [1.165, 1.54) is 22.2 Å². The molecular formula is C15H17N3O5S2. The number of sulfone groups is 1. The first kappa shape index (κ1) is 17.6. The van der Waals surface area contributed by atoms with Gasteiger partial charge in [0.05, 0.1) is 10.6 Å². The highest BCUT2D eigenvalue weighted by Gasteiger charge is 2.35. The number of hydrazine groups is 1. The predicted molar refractivity (Wildman–Crippen MR) is 90.1 cm³/mol. The van der Waals surface area contributed by atoms with Gasteiger partial charge in [-0.25, -0.2) is 18.4 Å². The SMILES string of the molecule is Cc1noc(C)c1C(=O)N1CCCN1C(=O)c1ccc(S(C)(=O)=O)s1. The van der Waals surface area contributed by atoms with Crippen LogP contribution >= 0.6 is 11.3 Å². The molecule has 0 unspecified atom stereocenters. The monoisotopic (exact) mass is 383 g/mol. The van der Waals surface area contributed by atoms with Crippen LogP contribution in [0.4, 0.5) is 0 Å². The van der Waals surface area contributed by atoms with Gasteiger partial charge in [-0.05, 0) is 32.4 Å². The second kappa shape index (κ2) is 6.26. The van der Waals surface area contributed by atoms with E-state index in [0.29, 0.717) is 36.5 Å². The number of aromatic nitrogens is 1. The zero-order valence-electron chi connectivity index (χ0n) is 14.0. The van der Waals surface area contributed by atoms with Crippen LogP contribution in [0, 0.1) is 13.8 Å². The summed E-state index contributed by atoms with van der Waals surface area (Å²) >= 11 is 0.904. The van der Waals surface area contributed by atoms with E-state index in [0.717, 1.165) is 17.6 Å². The molecule has 0 aromatic carbocycles. The molecule has 1 aliphatic rings. The summed E-state index contributed by atoms with van der Waals surface area (Å²) < 4.78 is 28.3. The number of amides is 2. The van der Waals surface area contributed by atoms with Crippen molar-refractivity contribution in [2.45, 2.75) is 24.5 Å². The number of hydrogen-bond acceptors (Lipinski definition) is 7. The van der Waals surface area contributed by atoms with Crippen LogP contribution in [0.1, 0.15) is 37.9 Å². The highest BCUT2D eigenvalue weighted by molar-refractivity contribution is 7.92. The Hall–Kier alpha value is -2.20. The Morgan fingerprint density at radius 3 is 2.32 bits per heavy atom. The molecule has 0 spiro atoms. The Bertz CT molecular complexity index is 925. The predicted octanol–water partition coefficient (Wildman–Crippen LogP) is 1.66. The van der Waals surface area contributed by atoms with E-state index in [-0.39, 0.29) is 15.0 Å². The summed E-state index contributed by atoms with van der Waals surface area (Å²) in [6.45, 7) is 4.11. The minimum atomic E-state index is -3.37. The largest absolute Gasteiger partial charge is 0.361 e. The lowest BCUT2D eigenvalue weighted by Crippen LogP contribution is -2.44. The summed E-state index contributed by atoms with van der Waals surface area (Å²) in [4.78, 5) is 25.8. The zero-order valence-corrected chi connectivity index (χ0v) is 15.6. The molecule has 0 aliphatic carbocycles. The fourth-order valence-electron chi connectivity index (χ4n) is 2.71. The molecule has 0 atom stereocenters. The van der Waals surface area contributed by atoms with Crippen molar-refractivity contribution < 1.29 is 22.5 Å². The summed E-state index contributed by atoms with van der Waals surface area (Å²) in [6, 6.07) is 2.88. The summed E-state index contributed by atoms with van der Waals surface area (Å²) in [5.74, 6) is -0.336. The van der Waals surface area contributed by atoms with Crippen molar-refractivity contribution in [1.82, 2.24) is 15.2 Å². The number of rotatable bonds is 3. The third-order valence-electron chi connectivity index (χ3n) is 3.90. The van der Waals surface area contributed by atoms with Crippen LogP contribution in [0.25, 0.3) is 0 Å². The summed E-state index contributed by atoms with van der Waals surface area (Å²) in [7, 11) is -3.37. The Kier molecular flexibility index (Phi) is 4.41. The van der Waals surface area contributed by atoms with Crippen LogP contribution in [0.15, 0.2) is 20.9 Å². The molecule has 1 saturated heterocycles. The molecule has 25 heavy (non-hydrogen) atoms. The van der Waals surface area contributed by atoms with Gasteiger partial charge >= 0.3 is 0 Å². The zero-order chi connectivity index (χ0) is 18.4. The molecule has 1 fully saturated rings. The first-order valence-electron chi connectivity index (χ1n) is 7.56. The molecule has 134 valence electrons. The Balaban J connectivity index is 1.88. The third kappa shape index (κ3) is 3.19. The lowest BCUT2D eigenvalue weighted by atomic mass is 10.2. The van der Waals surface area contributed by atoms with E-state index in [1.807, 2.05) is 0 Å². The van der Waals surface area contributed by atoms with Crippen LogP contribution in [0.2, 0.25) is 0 Å². The number of thiophene rings is 1. The Morgan fingerprint density at radius 1 is 1.16 bits per heavy atom. The van der Waals surface area contributed by atoms with Crippen LogP contribution in [0.3, 0.4) is 0 Å². The van der Waals surface area contributed by atoms with E-state index in [9.17, 15) is 18.0 Å². The van der Waals surface area contributed by atoms with Crippen molar-refractivity contribution in [3.05, 3.63) is 34.0 Å². The Labute approximate surface area is 148 Å². The molecule has 10 heteroatoms. The van der Waals surface area contributed by atoms with Crippen LogP contribution < -0.4 is 0 Å². The van der Waals surface area contributed by atoms with Gasteiger partial charge in [-0.15, -0.1) is 11.3 Å². The van der Waals surface area contributed by atoms with E-state index < -0.39 is 15.7 Å². The fourth-order valence-corrected chi connectivity index (χ4v) is 4.58. The maximum atomic E-state index is 12.8. The van der Waals surface area contributed by atoms with Gasteiger partial charge in [-0.1, -0.05) is 5.16 Å². The first-order valence-corrected chi connectivity index (χ1v) is 10.3. The first-order chi connectivity index (χ1) is 11.7. The molecule has 8 nitrogen and oxygen atoms in total. The van der Waals surface area contributed by atoms with Crippen molar-refractivity contribution in [2.75, 3.05) is 19.3 Å². The minimum absolute atomic E-state index is 0.124. The highest BCUT2D eigenvalue weighted by atomic mass is 32.2. The minimum Gasteiger partial charge on any atom is -0.361 e. The molecular weight excluding hydrogens is 366 g/mol. The maximum Gasteiger partial charge on any atom is 0.282 e. The van der Waals surface area contributed by atoms with E-state index in [1.54, 1.807) is 13.8 Å². The van der Waals surface area contributed by atoms with Crippen molar-refractivity contribution in [3.8, 4) is 0 Å². The third-order valence-corrected chi connectivity index (χ3v) is 6.80. The Morgan fingerprint density at radius 2 is 1.80 bits per heavy atom. The molecule has 1 aliphatic heterocycles. The molecule has 2 amide bonds. The van der Waals surface area contributed by atoms with Crippen molar-refractivity contribution in [3.63, 3.8) is 0 Å². The number of carbonyl (C=O) groups is 2. The normalized spacial score (nSPS) is 15.0. The van der Waals surface area contributed by atoms with Crippen LogP contribution in [0.5, 0.6) is 0 Å². The highest BCUT2D eigenvalue weighted by Crippen LogP contribution is 2.26. The quantitative estimate of drug-likeness (QED) is 0.799. The van der Waals surface area contributed by atoms with Crippen molar-refractivity contribution in [1.29, 1.82) is 0 Å². The van der Waals surface area contributed by atoms with Gasteiger partial charge in [0.1, 0.15) is 15.5 Å². The van der Waals surface area contributed by atoms with Gasteiger partial charge in [0.15, 0.2) is 9.84 Å². The average molecular weight is 383 g/mol. The van der Waals surface area contributed by atoms with Crippen molar-refractivity contribution >= 4 is 33.0 Å². The standard InChI is InChI=1S/C15H17N3O5S2/c1-9-13(10(2)23-16-9)15(20)18-8-4-7-17(18)14(19)11-5-6-12(24-11)25(3,21)22/h5-6H,4,7-8H2,1-3H3. The average Bonchev–Trinajstić information content (AvgIpc) is 3.24. The van der Waals surface area contributed by atoms with Crippen LogP contribution in [-0.2, 0) is 9.84 Å². The van der Waals surface area contributed by atoms with E-state index >= 15 is 0 Å². The molecule has 2 aromatic rings. The lowest BCUT2D eigenvalue weighted by molar-refractivity contribution is 0.0187. The number of aryl methyl sites for hydroxylation is 2. The van der Waals surface area contributed by atoms with Crippen molar-refractivity contribution in [2.24, 2.45) is 0 Å². The number of nitrogens with zero attached hydrogens (tertiary/aromatic N) is 3. The van der Waals surface area contributed by atoms with Crippen LogP contribution in [-0.4, -0.2) is 54.8 Å². The topological polar surface area (TPSA) is 101 Å². The fraction of sp³-hybridized carbons (Fsp3) is 0.400. The van der Waals surface area contributed by atoms with Gasteiger partial charge in [-0.3, -0.25) is 9.59 Å². The summed E-state index contributed by atoms with van der Waals surface area (Å²) in [5, 5.41) is 6.50. The second-order valence-electron chi connectivity index (χ2n) is 5.80. The maximum absolute atomic E-state index is 12.8. The number of carbonyl (C=O) groups excluding carboxylic acids is 2. The summed E-state index contributed by atoms with van der Waals surface area (Å²) in [5.41, 5.74) is 0.819. The summed E-state index contributed by atoms with van der Waals surface area (Å²) in [6.07, 6.45) is 1.74. The molecule has 0 saturated carbocycles. The van der Waals surface area contributed by atoms with Gasteiger partial charge in [-0.2, -0.15) is 0 Å². The van der Waals surface area contributed by atoms with Gasteiger partial charge in [0, 0.05) is 19.3 Å². The van der Waals surface area contributed by atoms with Gasteiger partial charge < -0.3 is 4.52 Å². The smallest absolute Gasteiger partial charge is 0.282 e.